The third-order valence-corrected chi connectivity index (χ3v) is 5.39. The molecule has 0 spiro atoms. The molecule has 0 saturated carbocycles. The summed E-state index contributed by atoms with van der Waals surface area (Å²) in [7, 11) is 0. The maximum Gasteiger partial charge on any atom is 0.276 e. The van der Waals surface area contributed by atoms with Gasteiger partial charge in [0.2, 0.25) is 0 Å². The molecule has 2 aromatic carbocycles. The van der Waals surface area contributed by atoms with E-state index >= 15 is 0 Å². The Balaban J connectivity index is 1.68. The topological polar surface area (TPSA) is 63.9 Å². The second-order valence-electron chi connectivity index (χ2n) is 7.36. The van der Waals surface area contributed by atoms with Crippen LogP contribution in [0.25, 0.3) is 5.69 Å². The number of carbonyl (C=O) groups excluding carboxylic acids is 1. The van der Waals surface area contributed by atoms with Crippen LogP contribution >= 0.6 is 11.6 Å². The molecule has 0 unspecified atom stereocenters. The van der Waals surface area contributed by atoms with E-state index in [-0.39, 0.29) is 5.91 Å². The predicted octanol–water partition coefficient (Wildman–Crippen LogP) is 4.78. The third-order valence-electron chi connectivity index (χ3n) is 5.16. The fourth-order valence-electron chi connectivity index (χ4n) is 3.43. The van der Waals surface area contributed by atoms with Gasteiger partial charge in [0.1, 0.15) is 0 Å². The predicted molar refractivity (Wildman–Crippen MR) is 120 cm³/mol. The second-order valence-corrected chi connectivity index (χ2v) is 7.80. The van der Waals surface area contributed by atoms with Crippen molar-refractivity contribution in [1.29, 1.82) is 0 Å². The number of rotatable bonds is 6. The van der Waals surface area contributed by atoms with Crippen LogP contribution in [0.3, 0.4) is 0 Å². The summed E-state index contributed by atoms with van der Waals surface area (Å²) in [6.45, 7) is 4.77. The molecule has 1 amide bonds. The third kappa shape index (κ3) is 4.64. The van der Waals surface area contributed by atoms with Gasteiger partial charge in [0.15, 0.2) is 5.69 Å². The SMILES string of the molecule is Cc1ccccc1CN(Cc1cccnc1)C(=O)c1nnn(-c2cccc(Cl)c2)c1C. The number of hydrogen-bond donors (Lipinski definition) is 0. The number of amides is 1. The van der Waals surface area contributed by atoms with Gasteiger partial charge < -0.3 is 4.90 Å². The second kappa shape index (κ2) is 9.10. The highest BCUT2D eigenvalue weighted by molar-refractivity contribution is 6.30. The summed E-state index contributed by atoms with van der Waals surface area (Å²) in [5, 5.41) is 9.02. The highest BCUT2D eigenvalue weighted by Gasteiger charge is 2.24. The van der Waals surface area contributed by atoms with Crippen molar-refractivity contribution in [2.24, 2.45) is 0 Å². The zero-order chi connectivity index (χ0) is 21.8. The number of hydrogen-bond acceptors (Lipinski definition) is 4. The normalized spacial score (nSPS) is 10.8. The first-order valence-electron chi connectivity index (χ1n) is 9.94. The van der Waals surface area contributed by atoms with Crippen molar-refractivity contribution in [3.63, 3.8) is 0 Å². The van der Waals surface area contributed by atoms with Crippen LogP contribution < -0.4 is 0 Å². The summed E-state index contributed by atoms with van der Waals surface area (Å²) in [6, 6.07) is 19.2. The lowest BCUT2D eigenvalue weighted by molar-refractivity contribution is 0.0722. The molecule has 4 rings (SSSR count). The number of benzene rings is 2. The number of aryl methyl sites for hydroxylation is 1. The van der Waals surface area contributed by atoms with E-state index < -0.39 is 0 Å². The molecule has 0 radical (unpaired) electrons. The Bertz CT molecular complexity index is 1210. The molecular formula is C24H22ClN5O. The van der Waals surface area contributed by atoms with Crippen molar-refractivity contribution < 1.29 is 4.79 Å². The molecule has 0 atom stereocenters. The quantitative estimate of drug-likeness (QED) is 0.441. The van der Waals surface area contributed by atoms with Crippen molar-refractivity contribution in [1.82, 2.24) is 24.9 Å². The molecule has 31 heavy (non-hydrogen) atoms. The number of halogens is 1. The van der Waals surface area contributed by atoms with Gasteiger partial charge in [-0.15, -0.1) is 5.10 Å². The van der Waals surface area contributed by atoms with Gasteiger partial charge in [0.05, 0.1) is 11.4 Å². The highest BCUT2D eigenvalue weighted by atomic mass is 35.5. The van der Waals surface area contributed by atoms with Crippen molar-refractivity contribution in [3.05, 3.63) is 106 Å². The van der Waals surface area contributed by atoms with E-state index in [4.69, 9.17) is 11.6 Å². The summed E-state index contributed by atoms with van der Waals surface area (Å²) in [4.78, 5) is 19.5. The molecule has 2 heterocycles. The zero-order valence-corrected chi connectivity index (χ0v) is 18.1. The van der Waals surface area contributed by atoms with E-state index in [2.05, 4.69) is 15.3 Å². The lowest BCUT2D eigenvalue weighted by atomic mass is 10.1. The maximum atomic E-state index is 13.6. The lowest BCUT2D eigenvalue weighted by Gasteiger charge is -2.23. The lowest BCUT2D eigenvalue weighted by Crippen LogP contribution is -2.31. The summed E-state index contributed by atoms with van der Waals surface area (Å²) in [5.41, 5.74) is 4.90. The van der Waals surface area contributed by atoms with Crippen LogP contribution in [0.2, 0.25) is 5.02 Å². The first kappa shape index (κ1) is 20.8. The fourth-order valence-corrected chi connectivity index (χ4v) is 3.62. The van der Waals surface area contributed by atoms with Crippen LogP contribution in [0.15, 0.2) is 73.1 Å². The van der Waals surface area contributed by atoms with Crippen molar-refractivity contribution >= 4 is 17.5 Å². The molecule has 0 aliphatic rings. The number of aromatic nitrogens is 4. The average molecular weight is 432 g/mol. The molecule has 0 N–H and O–H groups in total. The maximum absolute atomic E-state index is 13.6. The van der Waals surface area contributed by atoms with E-state index in [0.717, 1.165) is 22.4 Å². The van der Waals surface area contributed by atoms with Crippen molar-refractivity contribution in [3.8, 4) is 5.69 Å². The Kier molecular flexibility index (Phi) is 6.09. The Morgan fingerprint density at radius 2 is 1.87 bits per heavy atom. The Morgan fingerprint density at radius 1 is 1.03 bits per heavy atom. The molecule has 2 aromatic heterocycles. The summed E-state index contributed by atoms with van der Waals surface area (Å²) in [5.74, 6) is -0.183. The van der Waals surface area contributed by atoms with Crippen LogP contribution in [-0.4, -0.2) is 30.8 Å². The van der Waals surface area contributed by atoms with E-state index in [9.17, 15) is 4.79 Å². The van der Waals surface area contributed by atoms with Crippen LogP contribution in [0, 0.1) is 13.8 Å². The van der Waals surface area contributed by atoms with Gasteiger partial charge in [0, 0.05) is 30.5 Å². The monoisotopic (exact) mass is 431 g/mol. The Hall–Kier alpha value is -3.51. The number of nitrogens with zero attached hydrogens (tertiary/aromatic N) is 5. The van der Waals surface area contributed by atoms with Gasteiger partial charge in [-0.05, 0) is 54.8 Å². The summed E-state index contributed by atoms with van der Waals surface area (Å²) >= 11 is 6.12. The smallest absolute Gasteiger partial charge is 0.276 e. The molecular weight excluding hydrogens is 410 g/mol. The molecule has 0 aliphatic carbocycles. The van der Waals surface area contributed by atoms with Crippen molar-refractivity contribution in [2.75, 3.05) is 0 Å². The largest absolute Gasteiger partial charge is 0.328 e. The van der Waals surface area contributed by atoms with Gasteiger partial charge in [-0.25, -0.2) is 4.68 Å². The first-order chi connectivity index (χ1) is 15.0. The van der Waals surface area contributed by atoms with E-state index in [0.29, 0.717) is 29.5 Å². The average Bonchev–Trinajstić information content (AvgIpc) is 3.16. The molecule has 6 nitrogen and oxygen atoms in total. The zero-order valence-electron chi connectivity index (χ0n) is 17.4. The van der Waals surface area contributed by atoms with Gasteiger partial charge in [-0.1, -0.05) is 53.2 Å². The minimum Gasteiger partial charge on any atom is -0.328 e. The van der Waals surface area contributed by atoms with Gasteiger partial charge in [-0.3, -0.25) is 9.78 Å². The van der Waals surface area contributed by atoms with Crippen molar-refractivity contribution in [2.45, 2.75) is 26.9 Å². The Morgan fingerprint density at radius 3 is 2.61 bits per heavy atom. The van der Waals surface area contributed by atoms with E-state index in [1.165, 1.54) is 0 Å². The standard InChI is InChI=1S/C24H22ClN5O/c1-17-7-3-4-9-20(17)16-29(15-19-8-6-12-26-14-19)24(31)23-18(2)30(28-27-23)22-11-5-10-21(25)13-22/h3-14H,15-16H2,1-2H3. The minimum absolute atomic E-state index is 0.183. The molecule has 0 fully saturated rings. The summed E-state index contributed by atoms with van der Waals surface area (Å²) < 4.78 is 1.63. The van der Waals surface area contributed by atoms with Gasteiger partial charge >= 0.3 is 0 Å². The van der Waals surface area contributed by atoms with Crippen LogP contribution in [0.1, 0.15) is 32.9 Å². The van der Waals surface area contributed by atoms with Crippen LogP contribution in [-0.2, 0) is 13.1 Å². The molecule has 156 valence electrons. The summed E-state index contributed by atoms with van der Waals surface area (Å²) in [6.07, 6.45) is 3.49. The van der Waals surface area contributed by atoms with Gasteiger partial charge in [0.25, 0.3) is 5.91 Å². The van der Waals surface area contributed by atoms with E-state index in [1.54, 1.807) is 34.1 Å². The Labute approximate surface area is 186 Å². The fraction of sp³-hybridized carbons (Fsp3) is 0.167. The van der Waals surface area contributed by atoms with Crippen LogP contribution in [0.5, 0.6) is 0 Å². The molecule has 0 aliphatic heterocycles. The molecule has 4 aromatic rings. The van der Waals surface area contributed by atoms with Crippen LogP contribution in [0.4, 0.5) is 0 Å². The van der Waals surface area contributed by atoms with E-state index in [1.807, 2.05) is 62.4 Å². The number of carbonyl (C=O) groups is 1. The first-order valence-corrected chi connectivity index (χ1v) is 10.3. The number of pyridine rings is 1. The molecule has 0 bridgehead atoms. The minimum atomic E-state index is -0.183. The molecule has 7 heteroatoms. The highest BCUT2D eigenvalue weighted by Crippen LogP contribution is 2.20. The molecule has 0 saturated heterocycles. The van der Waals surface area contributed by atoms with Gasteiger partial charge in [-0.2, -0.15) is 0 Å².